The van der Waals surface area contributed by atoms with Gasteiger partial charge in [0, 0.05) is 5.75 Å². The molecule has 3 nitrogen and oxygen atoms in total. The molecular weight excluding hydrogens is 302 g/mol. The molecule has 0 saturated carbocycles. The average molecular weight is 323 g/mol. The van der Waals surface area contributed by atoms with Crippen LogP contribution >= 0.6 is 11.8 Å². The Kier molecular flexibility index (Phi) is 5.48. The fraction of sp³-hybridized carbons (Fsp3) is 0.263. The molecule has 0 aliphatic carbocycles. The molecule has 1 heterocycles. The molecule has 0 radical (unpaired) electrons. The molecular formula is C19H21N3S. The predicted molar refractivity (Wildman–Crippen MR) is 95.8 cm³/mol. The molecule has 118 valence electrons. The van der Waals surface area contributed by atoms with Crippen molar-refractivity contribution in [2.75, 3.05) is 5.75 Å². The fourth-order valence-electron chi connectivity index (χ4n) is 2.50. The van der Waals surface area contributed by atoms with E-state index in [2.05, 4.69) is 69.4 Å². The Morgan fingerprint density at radius 1 is 0.870 bits per heavy atom. The van der Waals surface area contributed by atoms with Crippen molar-refractivity contribution in [1.82, 2.24) is 14.8 Å². The summed E-state index contributed by atoms with van der Waals surface area (Å²) in [7, 11) is 0. The van der Waals surface area contributed by atoms with Crippen LogP contribution in [0.25, 0.3) is 0 Å². The van der Waals surface area contributed by atoms with Crippen LogP contribution in [-0.2, 0) is 13.0 Å². The number of rotatable bonds is 7. The van der Waals surface area contributed by atoms with E-state index in [1.165, 1.54) is 11.1 Å². The molecule has 0 aliphatic heterocycles. The summed E-state index contributed by atoms with van der Waals surface area (Å²) < 4.78 is 2.20. The summed E-state index contributed by atoms with van der Waals surface area (Å²) in [6, 6.07) is 21.1. The van der Waals surface area contributed by atoms with Gasteiger partial charge in [0.15, 0.2) is 5.16 Å². The van der Waals surface area contributed by atoms with E-state index >= 15 is 0 Å². The molecule has 0 spiro atoms. The normalized spacial score (nSPS) is 10.8. The van der Waals surface area contributed by atoms with Gasteiger partial charge < -0.3 is 4.57 Å². The van der Waals surface area contributed by atoms with E-state index in [0.29, 0.717) is 0 Å². The molecule has 2 aromatic carbocycles. The van der Waals surface area contributed by atoms with Crippen LogP contribution in [0.1, 0.15) is 23.4 Å². The molecule has 0 aliphatic rings. The van der Waals surface area contributed by atoms with Crippen LogP contribution in [0.2, 0.25) is 0 Å². The molecule has 0 unspecified atom stereocenters. The highest BCUT2D eigenvalue weighted by atomic mass is 32.2. The lowest BCUT2D eigenvalue weighted by atomic mass is 10.1. The van der Waals surface area contributed by atoms with E-state index in [-0.39, 0.29) is 0 Å². The number of aromatic nitrogens is 3. The first-order chi connectivity index (χ1) is 11.3. The first kappa shape index (κ1) is 15.8. The maximum absolute atomic E-state index is 4.33. The van der Waals surface area contributed by atoms with Crippen LogP contribution in [-0.4, -0.2) is 20.5 Å². The molecule has 0 saturated heterocycles. The Balaban J connectivity index is 1.56. The number of hydrogen-bond donors (Lipinski definition) is 0. The third-order valence-corrected chi connectivity index (χ3v) is 4.82. The molecule has 0 amide bonds. The van der Waals surface area contributed by atoms with Crippen LogP contribution < -0.4 is 0 Å². The number of benzene rings is 2. The molecule has 3 aromatic rings. The number of nitrogens with zero attached hydrogens (tertiary/aromatic N) is 3. The van der Waals surface area contributed by atoms with Crippen LogP contribution in [0.15, 0.2) is 65.8 Å². The Morgan fingerprint density at radius 3 is 2.22 bits per heavy atom. The van der Waals surface area contributed by atoms with E-state index < -0.39 is 0 Å². The lowest BCUT2D eigenvalue weighted by Crippen LogP contribution is -2.04. The molecule has 0 N–H and O–H groups in total. The number of thioether (sulfide) groups is 1. The van der Waals surface area contributed by atoms with E-state index in [9.17, 15) is 0 Å². The summed E-state index contributed by atoms with van der Waals surface area (Å²) in [6.07, 6.45) is 2.26. The predicted octanol–water partition coefficient (Wildman–Crippen LogP) is 4.36. The largest absolute Gasteiger partial charge is 0.302 e. The maximum atomic E-state index is 4.33. The van der Waals surface area contributed by atoms with Crippen LogP contribution in [0, 0.1) is 6.92 Å². The average Bonchev–Trinajstić information content (AvgIpc) is 2.94. The van der Waals surface area contributed by atoms with Gasteiger partial charge in [-0.25, -0.2) is 0 Å². The van der Waals surface area contributed by atoms with E-state index in [1.807, 2.05) is 13.0 Å². The smallest absolute Gasteiger partial charge is 0.191 e. The van der Waals surface area contributed by atoms with Gasteiger partial charge in [-0.05, 0) is 30.9 Å². The first-order valence-corrected chi connectivity index (χ1v) is 8.92. The maximum Gasteiger partial charge on any atom is 0.191 e. The van der Waals surface area contributed by atoms with E-state index in [4.69, 9.17) is 0 Å². The monoisotopic (exact) mass is 323 g/mol. The van der Waals surface area contributed by atoms with E-state index in [1.54, 1.807) is 11.8 Å². The zero-order valence-corrected chi connectivity index (χ0v) is 14.2. The lowest BCUT2D eigenvalue weighted by molar-refractivity contribution is 0.687. The standard InChI is InChI=1S/C19H21N3S/c1-16-20-21-19(22(16)15-18-11-6-3-7-12-18)23-14-8-13-17-9-4-2-5-10-17/h2-7,9-12H,8,13-15H2,1H3. The minimum absolute atomic E-state index is 0.834. The highest BCUT2D eigenvalue weighted by Gasteiger charge is 2.09. The van der Waals surface area contributed by atoms with Gasteiger partial charge >= 0.3 is 0 Å². The van der Waals surface area contributed by atoms with Crippen LogP contribution in [0.5, 0.6) is 0 Å². The Morgan fingerprint density at radius 2 is 1.52 bits per heavy atom. The second kappa shape index (κ2) is 7.97. The zero-order valence-electron chi connectivity index (χ0n) is 13.4. The molecule has 4 heteroatoms. The van der Waals surface area contributed by atoms with Gasteiger partial charge in [-0.1, -0.05) is 72.4 Å². The van der Waals surface area contributed by atoms with Gasteiger partial charge in [-0.15, -0.1) is 10.2 Å². The molecule has 0 fully saturated rings. The van der Waals surface area contributed by atoms with Crippen molar-refractivity contribution in [1.29, 1.82) is 0 Å². The highest BCUT2D eigenvalue weighted by molar-refractivity contribution is 7.99. The van der Waals surface area contributed by atoms with Crippen molar-refractivity contribution in [2.24, 2.45) is 0 Å². The van der Waals surface area contributed by atoms with Crippen molar-refractivity contribution in [3.8, 4) is 0 Å². The van der Waals surface area contributed by atoms with Crippen molar-refractivity contribution in [2.45, 2.75) is 31.5 Å². The van der Waals surface area contributed by atoms with Gasteiger partial charge in [-0.2, -0.15) is 0 Å². The SMILES string of the molecule is Cc1nnc(SCCCc2ccccc2)n1Cc1ccccc1. The fourth-order valence-corrected chi connectivity index (χ4v) is 3.42. The topological polar surface area (TPSA) is 30.7 Å². The second-order valence-electron chi connectivity index (χ2n) is 5.54. The van der Waals surface area contributed by atoms with Crippen molar-refractivity contribution in [3.05, 3.63) is 77.6 Å². The van der Waals surface area contributed by atoms with Gasteiger partial charge in [0.05, 0.1) is 6.54 Å². The summed E-state index contributed by atoms with van der Waals surface area (Å²) in [6.45, 7) is 2.85. The number of aryl methyl sites for hydroxylation is 2. The van der Waals surface area contributed by atoms with Gasteiger partial charge in [0.1, 0.15) is 5.82 Å². The Bertz CT molecular complexity index is 723. The van der Waals surface area contributed by atoms with Crippen molar-refractivity contribution < 1.29 is 0 Å². The van der Waals surface area contributed by atoms with E-state index in [0.717, 1.165) is 36.1 Å². The van der Waals surface area contributed by atoms with Crippen LogP contribution in [0.4, 0.5) is 0 Å². The van der Waals surface area contributed by atoms with Gasteiger partial charge in [0.2, 0.25) is 0 Å². The minimum Gasteiger partial charge on any atom is -0.302 e. The lowest BCUT2D eigenvalue weighted by Gasteiger charge is -2.08. The third-order valence-electron chi connectivity index (χ3n) is 3.77. The second-order valence-corrected chi connectivity index (χ2v) is 6.60. The van der Waals surface area contributed by atoms with Crippen molar-refractivity contribution in [3.63, 3.8) is 0 Å². The quantitative estimate of drug-likeness (QED) is 0.478. The minimum atomic E-state index is 0.834. The Hall–Kier alpha value is -2.07. The molecule has 1 aromatic heterocycles. The van der Waals surface area contributed by atoms with Gasteiger partial charge in [0.25, 0.3) is 0 Å². The molecule has 0 bridgehead atoms. The first-order valence-electron chi connectivity index (χ1n) is 7.93. The molecule has 23 heavy (non-hydrogen) atoms. The Labute approximate surface area is 141 Å². The molecule has 0 atom stereocenters. The third kappa shape index (κ3) is 4.45. The summed E-state index contributed by atoms with van der Waals surface area (Å²) in [5.41, 5.74) is 2.68. The zero-order chi connectivity index (χ0) is 15.9. The number of hydrogen-bond acceptors (Lipinski definition) is 3. The highest BCUT2D eigenvalue weighted by Crippen LogP contribution is 2.20. The summed E-state index contributed by atoms with van der Waals surface area (Å²) in [4.78, 5) is 0. The molecule has 3 rings (SSSR count). The summed E-state index contributed by atoms with van der Waals surface area (Å²) in [5.74, 6) is 2.03. The van der Waals surface area contributed by atoms with Crippen molar-refractivity contribution >= 4 is 11.8 Å². The van der Waals surface area contributed by atoms with Gasteiger partial charge in [-0.3, -0.25) is 0 Å². The summed E-state index contributed by atoms with van der Waals surface area (Å²) >= 11 is 1.80. The van der Waals surface area contributed by atoms with Crippen LogP contribution in [0.3, 0.4) is 0 Å². The summed E-state index contributed by atoms with van der Waals surface area (Å²) in [5, 5.41) is 9.59.